The van der Waals surface area contributed by atoms with Crippen LogP contribution in [0.5, 0.6) is 0 Å². The summed E-state index contributed by atoms with van der Waals surface area (Å²) >= 11 is 5.92. The molecule has 5 N–H and O–H groups in total. The van der Waals surface area contributed by atoms with Gasteiger partial charge in [-0.1, -0.05) is 23.2 Å². The SMILES string of the molecule is Cc1ccc(N)c(C(=O)NNC(=O)c2cc3cc(Cl)ccc3[nH]2)c1. The number of hydrogen-bond acceptors (Lipinski definition) is 3. The van der Waals surface area contributed by atoms with E-state index in [4.69, 9.17) is 17.3 Å². The summed E-state index contributed by atoms with van der Waals surface area (Å²) in [7, 11) is 0. The minimum atomic E-state index is -0.483. The lowest BCUT2D eigenvalue weighted by Crippen LogP contribution is -2.42. The van der Waals surface area contributed by atoms with Crippen LogP contribution in [-0.4, -0.2) is 16.8 Å². The van der Waals surface area contributed by atoms with Crippen LogP contribution in [0.4, 0.5) is 5.69 Å². The van der Waals surface area contributed by atoms with Crippen LogP contribution < -0.4 is 16.6 Å². The van der Waals surface area contributed by atoms with Gasteiger partial charge in [0.2, 0.25) is 0 Å². The van der Waals surface area contributed by atoms with Crippen LogP contribution >= 0.6 is 11.6 Å². The van der Waals surface area contributed by atoms with Crippen LogP contribution in [0.3, 0.4) is 0 Å². The van der Waals surface area contributed by atoms with Crippen LogP contribution in [0.1, 0.15) is 26.4 Å². The molecule has 0 saturated heterocycles. The number of carbonyl (C=O) groups excluding carboxylic acids is 2. The molecule has 0 atom stereocenters. The first-order chi connectivity index (χ1) is 11.4. The number of halogens is 1. The smallest absolute Gasteiger partial charge is 0.286 e. The van der Waals surface area contributed by atoms with Crippen molar-refractivity contribution in [3.05, 3.63) is 64.3 Å². The highest BCUT2D eigenvalue weighted by Gasteiger charge is 2.13. The van der Waals surface area contributed by atoms with Crippen molar-refractivity contribution in [3.8, 4) is 0 Å². The molecule has 1 aromatic heterocycles. The lowest BCUT2D eigenvalue weighted by Gasteiger charge is -2.09. The molecule has 3 aromatic rings. The summed E-state index contributed by atoms with van der Waals surface area (Å²) in [5, 5.41) is 1.39. The number of nitrogen functional groups attached to an aromatic ring is 1. The van der Waals surface area contributed by atoms with E-state index in [1.165, 1.54) is 0 Å². The third-order valence-corrected chi connectivity index (χ3v) is 3.81. The maximum atomic E-state index is 12.2. The number of anilines is 1. The number of aryl methyl sites for hydroxylation is 1. The van der Waals surface area contributed by atoms with Crippen molar-refractivity contribution in [2.75, 3.05) is 5.73 Å². The van der Waals surface area contributed by atoms with Crippen molar-refractivity contribution in [1.29, 1.82) is 0 Å². The number of fused-ring (bicyclic) bond motifs is 1. The molecular weight excluding hydrogens is 328 g/mol. The number of hydrogen-bond donors (Lipinski definition) is 4. The minimum Gasteiger partial charge on any atom is -0.398 e. The molecule has 0 aliphatic heterocycles. The summed E-state index contributed by atoms with van der Waals surface area (Å²) in [6.07, 6.45) is 0. The van der Waals surface area contributed by atoms with Gasteiger partial charge in [0.05, 0.1) is 5.56 Å². The molecule has 0 spiro atoms. The maximum absolute atomic E-state index is 12.2. The van der Waals surface area contributed by atoms with Crippen LogP contribution in [0.15, 0.2) is 42.5 Å². The van der Waals surface area contributed by atoms with Gasteiger partial charge in [0, 0.05) is 21.6 Å². The van der Waals surface area contributed by atoms with Gasteiger partial charge in [-0.3, -0.25) is 20.4 Å². The second-order valence-corrected chi connectivity index (χ2v) is 5.85. The Bertz CT molecular complexity index is 949. The predicted octanol–water partition coefficient (Wildman–Crippen LogP) is 2.79. The summed E-state index contributed by atoms with van der Waals surface area (Å²) in [5.41, 5.74) is 13.1. The van der Waals surface area contributed by atoms with Crippen LogP contribution in [0.25, 0.3) is 10.9 Å². The van der Waals surface area contributed by atoms with Crippen molar-refractivity contribution in [2.24, 2.45) is 0 Å². The fraction of sp³-hybridized carbons (Fsp3) is 0.0588. The van der Waals surface area contributed by atoms with Crippen LogP contribution in [-0.2, 0) is 0 Å². The van der Waals surface area contributed by atoms with Gasteiger partial charge < -0.3 is 10.7 Å². The monoisotopic (exact) mass is 342 g/mol. The molecule has 0 aliphatic carbocycles. The molecule has 2 aromatic carbocycles. The number of H-pyrrole nitrogens is 1. The number of rotatable bonds is 2. The number of aromatic nitrogens is 1. The van der Waals surface area contributed by atoms with Gasteiger partial charge in [0.1, 0.15) is 5.69 Å². The van der Waals surface area contributed by atoms with Crippen molar-refractivity contribution >= 4 is 40.0 Å². The second-order valence-electron chi connectivity index (χ2n) is 5.41. The van der Waals surface area contributed by atoms with Gasteiger partial charge in [-0.05, 0) is 43.3 Å². The van der Waals surface area contributed by atoms with Gasteiger partial charge in [-0.25, -0.2) is 0 Å². The highest BCUT2D eigenvalue weighted by molar-refractivity contribution is 6.31. The van der Waals surface area contributed by atoms with E-state index in [-0.39, 0.29) is 0 Å². The topological polar surface area (TPSA) is 100 Å². The fourth-order valence-corrected chi connectivity index (χ4v) is 2.52. The second kappa shape index (κ2) is 6.25. The molecular formula is C17H15ClN4O2. The number of nitrogens with two attached hydrogens (primary N) is 1. The Kier molecular flexibility index (Phi) is 4.14. The molecule has 0 fully saturated rings. The molecule has 1 heterocycles. The largest absolute Gasteiger partial charge is 0.398 e. The first-order valence-corrected chi connectivity index (χ1v) is 7.57. The number of aromatic amines is 1. The summed E-state index contributed by atoms with van der Waals surface area (Å²) in [4.78, 5) is 27.3. The third kappa shape index (κ3) is 3.18. The zero-order valence-electron chi connectivity index (χ0n) is 12.8. The Labute approximate surface area is 143 Å². The number of benzene rings is 2. The normalized spacial score (nSPS) is 10.6. The van der Waals surface area contributed by atoms with E-state index in [1.807, 2.05) is 6.92 Å². The van der Waals surface area contributed by atoms with E-state index in [0.29, 0.717) is 22.0 Å². The molecule has 3 rings (SSSR count). The third-order valence-electron chi connectivity index (χ3n) is 3.57. The average molecular weight is 343 g/mol. The van der Waals surface area contributed by atoms with Gasteiger partial charge in [-0.2, -0.15) is 0 Å². The van der Waals surface area contributed by atoms with E-state index in [0.717, 1.165) is 16.5 Å². The van der Waals surface area contributed by atoms with Gasteiger partial charge in [0.25, 0.3) is 11.8 Å². The lowest BCUT2D eigenvalue weighted by atomic mass is 10.1. The Morgan fingerprint density at radius 1 is 1.04 bits per heavy atom. The Morgan fingerprint density at radius 2 is 1.79 bits per heavy atom. The number of nitrogens with one attached hydrogen (secondary N) is 3. The quantitative estimate of drug-likeness (QED) is 0.425. The molecule has 6 nitrogen and oxygen atoms in total. The van der Waals surface area contributed by atoms with Crippen LogP contribution in [0.2, 0.25) is 5.02 Å². The Hall–Kier alpha value is -2.99. The summed E-state index contributed by atoms with van der Waals surface area (Å²) in [5.74, 6) is -0.953. The van der Waals surface area contributed by atoms with E-state index in [9.17, 15) is 9.59 Å². The molecule has 0 saturated carbocycles. The number of amides is 2. The Morgan fingerprint density at radius 3 is 2.58 bits per heavy atom. The van der Waals surface area contributed by atoms with Crippen molar-refractivity contribution < 1.29 is 9.59 Å². The van der Waals surface area contributed by atoms with E-state index < -0.39 is 11.8 Å². The summed E-state index contributed by atoms with van der Waals surface area (Å²) in [6.45, 7) is 1.85. The maximum Gasteiger partial charge on any atom is 0.286 e. The summed E-state index contributed by atoms with van der Waals surface area (Å²) < 4.78 is 0. The molecule has 2 amide bonds. The molecule has 0 radical (unpaired) electrons. The average Bonchev–Trinajstić information content (AvgIpc) is 2.97. The van der Waals surface area contributed by atoms with Crippen molar-refractivity contribution in [3.63, 3.8) is 0 Å². The minimum absolute atomic E-state index is 0.304. The van der Waals surface area contributed by atoms with Gasteiger partial charge in [0.15, 0.2) is 0 Å². The van der Waals surface area contributed by atoms with Crippen molar-refractivity contribution in [1.82, 2.24) is 15.8 Å². The fourth-order valence-electron chi connectivity index (χ4n) is 2.34. The van der Waals surface area contributed by atoms with Gasteiger partial charge >= 0.3 is 0 Å². The van der Waals surface area contributed by atoms with E-state index in [2.05, 4.69) is 15.8 Å². The first kappa shape index (κ1) is 15.9. The van der Waals surface area contributed by atoms with Gasteiger partial charge in [-0.15, -0.1) is 0 Å². The molecule has 0 aliphatic rings. The summed E-state index contributed by atoms with van der Waals surface area (Å²) in [6, 6.07) is 12.0. The van der Waals surface area contributed by atoms with E-state index >= 15 is 0 Å². The zero-order chi connectivity index (χ0) is 17.3. The van der Waals surface area contributed by atoms with E-state index in [1.54, 1.807) is 42.5 Å². The Balaban J connectivity index is 1.72. The molecule has 0 bridgehead atoms. The van der Waals surface area contributed by atoms with Crippen LogP contribution in [0, 0.1) is 6.92 Å². The molecule has 0 unspecified atom stereocenters. The highest BCUT2D eigenvalue weighted by atomic mass is 35.5. The zero-order valence-corrected chi connectivity index (χ0v) is 13.6. The predicted molar refractivity (Wildman–Crippen MR) is 93.8 cm³/mol. The van der Waals surface area contributed by atoms with Crippen molar-refractivity contribution in [2.45, 2.75) is 6.92 Å². The molecule has 24 heavy (non-hydrogen) atoms. The number of hydrazine groups is 1. The number of carbonyl (C=O) groups is 2. The lowest BCUT2D eigenvalue weighted by molar-refractivity contribution is 0.0845. The first-order valence-electron chi connectivity index (χ1n) is 7.19. The molecule has 7 heteroatoms. The molecule has 122 valence electrons. The standard InChI is InChI=1S/C17H15ClN4O2/c1-9-2-4-13(19)12(6-9)16(23)21-22-17(24)15-8-10-7-11(18)3-5-14(10)20-15/h2-8,20H,19H2,1H3,(H,21,23)(H,22,24). The highest BCUT2D eigenvalue weighted by Crippen LogP contribution is 2.20.